The fourth-order valence-electron chi connectivity index (χ4n) is 2.16. The number of amides is 2. The third-order valence-corrected chi connectivity index (χ3v) is 3.37. The van der Waals surface area contributed by atoms with Gasteiger partial charge in [-0.05, 0) is 41.8 Å². The van der Waals surface area contributed by atoms with E-state index in [0.29, 0.717) is 17.2 Å². The molecule has 0 bridgehead atoms. The van der Waals surface area contributed by atoms with Crippen molar-refractivity contribution in [3.63, 3.8) is 0 Å². The first-order valence-electron chi connectivity index (χ1n) is 7.39. The van der Waals surface area contributed by atoms with E-state index in [1.54, 1.807) is 24.3 Å². The molecule has 3 N–H and O–H groups in total. The SMILES string of the molecule is CC(C)c1ccccc1NC(=O)COc1ccc(C(N)=O)cc1. The summed E-state index contributed by atoms with van der Waals surface area (Å²) in [4.78, 5) is 23.0. The maximum atomic E-state index is 12.0. The highest BCUT2D eigenvalue weighted by Gasteiger charge is 2.10. The van der Waals surface area contributed by atoms with Gasteiger partial charge in [-0.1, -0.05) is 32.0 Å². The van der Waals surface area contributed by atoms with Crippen molar-refractivity contribution in [1.82, 2.24) is 0 Å². The van der Waals surface area contributed by atoms with Gasteiger partial charge in [-0.2, -0.15) is 0 Å². The number of para-hydroxylation sites is 1. The van der Waals surface area contributed by atoms with Crippen LogP contribution < -0.4 is 15.8 Å². The second-order valence-electron chi connectivity index (χ2n) is 5.47. The van der Waals surface area contributed by atoms with Crippen molar-refractivity contribution < 1.29 is 14.3 Å². The highest BCUT2D eigenvalue weighted by Crippen LogP contribution is 2.23. The lowest BCUT2D eigenvalue weighted by molar-refractivity contribution is -0.118. The minimum absolute atomic E-state index is 0.109. The van der Waals surface area contributed by atoms with Gasteiger partial charge in [0, 0.05) is 11.3 Å². The molecule has 120 valence electrons. The Morgan fingerprint density at radius 1 is 1.09 bits per heavy atom. The second-order valence-corrected chi connectivity index (χ2v) is 5.47. The lowest BCUT2D eigenvalue weighted by Gasteiger charge is -2.14. The number of hydrogen-bond acceptors (Lipinski definition) is 3. The summed E-state index contributed by atoms with van der Waals surface area (Å²) < 4.78 is 5.41. The van der Waals surface area contributed by atoms with Crippen LogP contribution in [0.2, 0.25) is 0 Å². The van der Waals surface area contributed by atoms with Crippen LogP contribution in [0.5, 0.6) is 5.75 Å². The molecule has 0 aliphatic heterocycles. The zero-order valence-electron chi connectivity index (χ0n) is 13.2. The smallest absolute Gasteiger partial charge is 0.262 e. The molecule has 0 spiro atoms. The molecule has 0 saturated heterocycles. The van der Waals surface area contributed by atoms with Crippen molar-refractivity contribution in [2.24, 2.45) is 5.73 Å². The molecule has 0 saturated carbocycles. The van der Waals surface area contributed by atoms with Crippen molar-refractivity contribution in [3.05, 3.63) is 59.7 Å². The van der Waals surface area contributed by atoms with Crippen LogP contribution in [-0.4, -0.2) is 18.4 Å². The van der Waals surface area contributed by atoms with E-state index in [0.717, 1.165) is 11.3 Å². The van der Waals surface area contributed by atoms with Gasteiger partial charge in [-0.15, -0.1) is 0 Å². The molecule has 0 aliphatic carbocycles. The summed E-state index contributed by atoms with van der Waals surface area (Å²) in [6.07, 6.45) is 0. The number of anilines is 1. The molecule has 0 fully saturated rings. The molecule has 2 aromatic carbocycles. The van der Waals surface area contributed by atoms with Gasteiger partial charge in [0.25, 0.3) is 5.91 Å². The van der Waals surface area contributed by atoms with Gasteiger partial charge in [0.15, 0.2) is 6.61 Å². The number of carbonyl (C=O) groups excluding carboxylic acids is 2. The Morgan fingerprint density at radius 2 is 1.74 bits per heavy atom. The number of carbonyl (C=O) groups is 2. The Bertz CT molecular complexity index is 694. The van der Waals surface area contributed by atoms with Gasteiger partial charge in [0.2, 0.25) is 5.91 Å². The lowest BCUT2D eigenvalue weighted by atomic mass is 10.0. The third kappa shape index (κ3) is 4.57. The van der Waals surface area contributed by atoms with E-state index in [4.69, 9.17) is 10.5 Å². The molecule has 2 rings (SSSR count). The summed E-state index contributed by atoms with van der Waals surface area (Å²) in [5.41, 5.74) is 7.43. The van der Waals surface area contributed by atoms with Crippen LogP contribution in [0.4, 0.5) is 5.69 Å². The van der Waals surface area contributed by atoms with Crippen LogP contribution in [0.3, 0.4) is 0 Å². The Morgan fingerprint density at radius 3 is 2.35 bits per heavy atom. The van der Waals surface area contributed by atoms with Crippen molar-refractivity contribution in [2.75, 3.05) is 11.9 Å². The van der Waals surface area contributed by atoms with Gasteiger partial charge in [0.05, 0.1) is 0 Å². The predicted molar refractivity (Wildman–Crippen MR) is 89.6 cm³/mol. The average molecular weight is 312 g/mol. The molecule has 0 heterocycles. The number of nitrogens with one attached hydrogen (secondary N) is 1. The summed E-state index contributed by atoms with van der Waals surface area (Å²) >= 11 is 0. The van der Waals surface area contributed by atoms with E-state index in [2.05, 4.69) is 19.2 Å². The zero-order valence-corrected chi connectivity index (χ0v) is 13.2. The fourth-order valence-corrected chi connectivity index (χ4v) is 2.16. The van der Waals surface area contributed by atoms with Gasteiger partial charge < -0.3 is 15.8 Å². The predicted octanol–water partition coefficient (Wildman–Crippen LogP) is 2.93. The molecule has 5 nitrogen and oxygen atoms in total. The highest BCUT2D eigenvalue weighted by atomic mass is 16.5. The van der Waals surface area contributed by atoms with Crippen molar-refractivity contribution >= 4 is 17.5 Å². The lowest BCUT2D eigenvalue weighted by Crippen LogP contribution is -2.21. The maximum Gasteiger partial charge on any atom is 0.262 e. The van der Waals surface area contributed by atoms with Crippen LogP contribution in [0.15, 0.2) is 48.5 Å². The maximum absolute atomic E-state index is 12.0. The summed E-state index contributed by atoms with van der Waals surface area (Å²) in [6.45, 7) is 4.03. The molecule has 0 aromatic heterocycles. The molecular weight excluding hydrogens is 292 g/mol. The van der Waals surface area contributed by atoms with Crippen LogP contribution in [-0.2, 0) is 4.79 Å². The molecule has 0 unspecified atom stereocenters. The van der Waals surface area contributed by atoms with Crippen LogP contribution in [0.1, 0.15) is 35.7 Å². The molecule has 5 heteroatoms. The number of benzene rings is 2. The number of ether oxygens (including phenoxy) is 1. The Hall–Kier alpha value is -2.82. The monoisotopic (exact) mass is 312 g/mol. The van der Waals surface area contributed by atoms with Crippen molar-refractivity contribution in [2.45, 2.75) is 19.8 Å². The van der Waals surface area contributed by atoms with E-state index in [1.807, 2.05) is 24.3 Å². The Labute approximate surface area is 135 Å². The number of nitrogens with two attached hydrogens (primary N) is 1. The third-order valence-electron chi connectivity index (χ3n) is 3.37. The van der Waals surface area contributed by atoms with Gasteiger partial charge >= 0.3 is 0 Å². The van der Waals surface area contributed by atoms with Gasteiger partial charge in [-0.3, -0.25) is 9.59 Å². The Kier molecular flexibility index (Phi) is 5.36. The molecule has 2 aromatic rings. The molecule has 2 amide bonds. The molecule has 0 radical (unpaired) electrons. The summed E-state index contributed by atoms with van der Waals surface area (Å²) in [7, 11) is 0. The molecule has 0 aliphatic rings. The largest absolute Gasteiger partial charge is 0.484 e. The van der Waals surface area contributed by atoms with Gasteiger partial charge in [-0.25, -0.2) is 0 Å². The number of hydrogen-bond donors (Lipinski definition) is 2. The second kappa shape index (κ2) is 7.45. The normalized spacial score (nSPS) is 10.4. The summed E-state index contributed by atoms with van der Waals surface area (Å²) in [6, 6.07) is 14.0. The first kappa shape index (κ1) is 16.5. The molecular formula is C18H20N2O3. The van der Waals surface area contributed by atoms with Crippen LogP contribution in [0.25, 0.3) is 0 Å². The standard InChI is InChI=1S/C18H20N2O3/c1-12(2)15-5-3-4-6-16(15)20-17(21)11-23-14-9-7-13(8-10-14)18(19)22/h3-10,12H,11H2,1-2H3,(H2,19,22)(H,20,21). The fraction of sp³-hybridized carbons (Fsp3) is 0.222. The highest BCUT2D eigenvalue weighted by molar-refractivity contribution is 5.93. The minimum Gasteiger partial charge on any atom is -0.484 e. The quantitative estimate of drug-likeness (QED) is 0.860. The Balaban J connectivity index is 1.94. The van der Waals surface area contributed by atoms with Crippen LogP contribution >= 0.6 is 0 Å². The van der Waals surface area contributed by atoms with E-state index >= 15 is 0 Å². The first-order chi connectivity index (χ1) is 11.0. The molecule has 0 atom stereocenters. The van der Waals surface area contributed by atoms with Crippen molar-refractivity contribution in [1.29, 1.82) is 0 Å². The number of rotatable bonds is 6. The number of primary amides is 1. The summed E-state index contributed by atoms with van der Waals surface area (Å²) in [5.74, 6) is 0.0766. The topological polar surface area (TPSA) is 81.4 Å². The summed E-state index contributed by atoms with van der Waals surface area (Å²) in [5, 5.41) is 2.85. The molecule has 23 heavy (non-hydrogen) atoms. The van der Waals surface area contributed by atoms with Crippen LogP contribution in [0, 0.1) is 0 Å². The van der Waals surface area contributed by atoms with Gasteiger partial charge in [0.1, 0.15) is 5.75 Å². The van der Waals surface area contributed by atoms with E-state index < -0.39 is 5.91 Å². The van der Waals surface area contributed by atoms with E-state index in [1.165, 1.54) is 0 Å². The first-order valence-corrected chi connectivity index (χ1v) is 7.39. The minimum atomic E-state index is -0.500. The van der Waals surface area contributed by atoms with E-state index in [9.17, 15) is 9.59 Å². The zero-order chi connectivity index (χ0) is 16.8. The average Bonchev–Trinajstić information content (AvgIpc) is 2.53. The van der Waals surface area contributed by atoms with Crippen molar-refractivity contribution in [3.8, 4) is 5.75 Å². The van der Waals surface area contributed by atoms with E-state index in [-0.39, 0.29) is 12.5 Å².